The number of aryl methyl sites for hydroxylation is 1. The van der Waals surface area contributed by atoms with Crippen LogP contribution in [0.1, 0.15) is 25.4 Å². The van der Waals surface area contributed by atoms with Gasteiger partial charge in [0.05, 0.1) is 24.1 Å². The van der Waals surface area contributed by atoms with Gasteiger partial charge >= 0.3 is 5.92 Å². The first-order valence-corrected chi connectivity index (χ1v) is 10.4. The van der Waals surface area contributed by atoms with Crippen LogP contribution in [0, 0.1) is 18.8 Å². The van der Waals surface area contributed by atoms with Crippen LogP contribution >= 0.6 is 0 Å². The van der Waals surface area contributed by atoms with Crippen molar-refractivity contribution in [1.82, 2.24) is 24.7 Å². The van der Waals surface area contributed by atoms with Crippen molar-refractivity contribution in [3.05, 3.63) is 29.8 Å². The Kier molecular flexibility index (Phi) is 4.81. The zero-order valence-electron chi connectivity index (χ0n) is 18.0. The molecule has 0 bridgehead atoms. The number of amides is 1. The molecule has 0 spiro atoms. The molecular weight excluding hydrogens is 420 g/mol. The number of halogens is 2. The molecule has 0 saturated carbocycles. The van der Waals surface area contributed by atoms with Gasteiger partial charge in [-0.15, -0.1) is 5.10 Å². The second-order valence-electron chi connectivity index (χ2n) is 8.55. The first-order chi connectivity index (χ1) is 15.2. The minimum absolute atomic E-state index is 0.230. The molecular formula is C21H23F2N7O2. The fourth-order valence-corrected chi connectivity index (χ4v) is 4.37. The summed E-state index contributed by atoms with van der Waals surface area (Å²) in [4.78, 5) is 26.1. The summed E-state index contributed by atoms with van der Waals surface area (Å²) >= 11 is 0. The average molecular weight is 443 g/mol. The molecule has 0 radical (unpaired) electrons. The molecule has 1 N–H and O–H groups in total. The number of hydrogen-bond acceptors (Lipinski definition) is 7. The summed E-state index contributed by atoms with van der Waals surface area (Å²) in [5, 5.41) is 8.18. The number of anilines is 2. The number of carbonyl (C=O) groups excluding carboxylic acids is 1. The van der Waals surface area contributed by atoms with Crippen molar-refractivity contribution in [1.29, 1.82) is 0 Å². The summed E-state index contributed by atoms with van der Waals surface area (Å²) in [6.45, 7) is 6.84. The van der Waals surface area contributed by atoms with Crippen molar-refractivity contribution < 1.29 is 18.3 Å². The molecule has 3 aromatic heterocycles. The van der Waals surface area contributed by atoms with Crippen LogP contribution in [0.25, 0.3) is 16.7 Å². The number of hydrogen-bond donors (Lipinski definition) is 1. The van der Waals surface area contributed by atoms with Crippen molar-refractivity contribution in [2.24, 2.45) is 11.8 Å². The summed E-state index contributed by atoms with van der Waals surface area (Å²) in [5.41, 5.74) is 1.01. The highest BCUT2D eigenvalue weighted by atomic mass is 19.3. The molecule has 5 rings (SSSR count). The normalized spacial score (nSPS) is 20.7. The maximum absolute atomic E-state index is 14.0. The second kappa shape index (κ2) is 7.44. The molecule has 2 aliphatic rings. The summed E-state index contributed by atoms with van der Waals surface area (Å²) in [7, 11) is 0. The molecule has 0 aromatic carbocycles. The molecule has 2 saturated heterocycles. The fraction of sp³-hybridized carbons (Fsp3) is 0.476. The molecule has 2 aliphatic heterocycles. The molecule has 168 valence electrons. The summed E-state index contributed by atoms with van der Waals surface area (Å²) < 4.78 is 35.1. The maximum Gasteiger partial charge on any atom is 0.303 e. The van der Waals surface area contributed by atoms with Crippen molar-refractivity contribution in [3.8, 4) is 5.82 Å². The number of alkyl halides is 2. The minimum atomic E-state index is -3.19. The Morgan fingerprint density at radius 3 is 2.59 bits per heavy atom. The van der Waals surface area contributed by atoms with E-state index >= 15 is 0 Å². The fourth-order valence-electron chi connectivity index (χ4n) is 4.37. The predicted octanol–water partition coefficient (Wildman–Crippen LogP) is 2.67. The van der Waals surface area contributed by atoms with Gasteiger partial charge in [-0.05, 0) is 6.92 Å². The maximum atomic E-state index is 14.0. The van der Waals surface area contributed by atoms with Crippen LogP contribution in [0.4, 0.5) is 20.4 Å². The first kappa shape index (κ1) is 20.7. The molecule has 2 unspecified atom stereocenters. The monoisotopic (exact) mass is 443 g/mol. The number of fused-ring (bicyclic) bond motifs is 2. The largest absolute Gasteiger partial charge is 0.381 e. The quantitative estimate of drug-likeness (QED) is 0.662. The SMILES string of the molecule is CC(=O)Nc1cc2c(cn1)c(N1CC3COCC3C1)nn2-c1cc(C)nc(C(C)(F)F)n1. The van der Waals surface area contributed by atoms with Gasteiger partial charge in [-0.3, -0.25) is 4.79 Å². The standard InChI is InChI=1S/C21H23F2N7O2/c1-11-4-18(27-20(25-11)21(3,22)23)30-16-5-17(26-12(2)31)24-6-15(16)19(28-30)29-7-13-9-32-10-14(13)8-29/h4-6,13-14H,7-10H2,1-3H3,(H,24,26,31). The van der Waals surface area contributed by atoms with Gasteiger partial charge in [-0.1, -0.05) is 0 Å². The van der Waals surface area contributed by atoms with E-state index in [9.17, 15) is 13.6 Å². The number of nitrogens with one attached hydrogen (secondary N) is 1. The minimum Gasteiger partial charge on any atom is -0.381 e. The van der Waals surface area contributed by atoms with Crippen LogP contribution in [-0.4, -0.2) is 56.9 Å². The van der Waals surface area contributed by atoms with Crippen molar-refractivity contribution in [3.63, 3.8) is 0 Å². The molecule has 1 amide bonds. The van der Waals surface area contributed by atoms with Gasteiger partial charge in [0.25, 0.3) is 0 Å². The average Bonchev–Trinajstić information content (AvgIpc) is 3.38. The topological polar surface area (TPSA) is 98.1 Å². The predicted molar refractivity (Wildman–Crippen MR) is 113 cm³/mol. The summed E-state index contributed by atoms with van der Waals surface area (Å²) in [6.07, 6.45) is 1.65. The third-order valence-electron chi connectivity index (χ3n) is 5.84. The van der Waals surface area contributed by atoms with Crippen molar-refractivity contribution in [2.75, 3.05) is 36.5 Å². The lowest BCUT2D eigenvalue weighted by molar-refractivity contribution is -0.114. The van der Waals surface area contributed by atoms with Crippen molar-refractivity contribution in [2.45, 2.75) is 26.7 Å². The zero-order valence-corrected chi connectivity index (χ0v) is 18.0. The smallest absolute Gasteiger partial charge is 0.303 e. The van der Waals surface area contributed by atoms with E-state index in [1.165, 1.54) is 11.6 Å². The van der Waals surface area contributed by atoms with E-state index in [0.29, 0.717) is 34.7 Å². The Morgan fingerprint density at radius 1 is 1.22 bits per heavy atom. The molecule has 0 aliphatic carbocycles. The lowest BCUT2D eigenvalue weighted by Gasteiger charge is -2.16. The Bertz CT molecular complexity index is 1190. The van der Waals surface area contributed by atoms with Gasteiger partial charge < -0.3 is 15.0 Å². The van der Waals surface area contributed by atoms with Crippen LogP contribution in [-0.2, 0) is 15.5 Å². The molecule has 2 atom stereocenters. The Morgan fingerprint density at radius 2 is 1.94 bits per heavy atom. The summed E-state index contributed by atoms with van der Waals surface area (Å²) in [5.74, 6) is -1.87. The third kappa shape index (κ3) is 3.66. The Labute approximate surface area is 182 Å². The lowest BCUT2D eigenvalue weighted by Crippen LogP contribution is -2.23. The van der Waals surface area contributed by atoms with Crippen LogP contribution in [0.2, 0.25) is 0 Å². The summed E-state index contributed by atoms with van der Waals surface area (Å²) in [6, 6.07) is 3.28. The zero-order chi connectivity index (χ0) is 22.6. The van der Waals surface area contributed by atoms with Gasteiger partial charge in [0.2, 0.25) is 11.7 Å². The number of nitrogens with zero attached hydrogens (tertiary/aromatic N) is 6. The van der Waals surface area contributed by atoms with Crippen LogP contribution in [0.5, 0.6) is 0 Å². The Hall–Kier alpha value is -3.21. The number of ether oxygens (including phenoxy) is 1. The lowest BCUT2D eigenvalue weighted by atomic mass is 10.0. The number of pyridine rings is 1. The second-order valence-corrected chi connectivity index (χ2v) is 8.55. The molecule has 5 heterocycles. The van der Waals surface area contributed by atoms with E-state index < -0.39 is 11.7 Å². The van der Waals surface area contributed by atoms with E-state index in [2.05, 4.69) is 25.2 Å². The van der Waals surface area contributed by atoms with Crippen molar-refractivity contribution >= 4 is 28.4 Å². The number of carbonyl (C=O) groups is 1. The molecule has 32 heavy (non-hydrogen) atoms. The van der Waals surface area contributed by atoms with Gasteiger partial charge in [-0.25, -0.2) is 19.6 Å². The third-order valence-corrected chi connectivity index (χ3v) is 5.84. The molecule has 3 aromatic rings. The number of aromatic nitrogens is 5. The highest BCUT2D eigenvalue weighted by Crippen LogP contribution is 2.36. The van der Waals surface area contributed by atoms with Crippen LogP contribution < -0.4 is 10.2 Å². The van der Waals surface area contributed by atoms with E-state index in [0.717, 1.165) is 38.6 Å². The molecule has 2 fully saturated rings. The van der Waals surface area contributed by atoms with Gasteiger partial charge in [-0.2, -0.15) is 8.78 Å². The van der Waals surface area contributed by atoms with Crippen LogP contribution in [0.3, 0.4) is 0 Å². The van der Waals surface area contributed by atoms with Crippen LogP contribution in [0.15, 0.2) is 18.3 Å². The highest BCUT2D eigenvalue weighted by molar-refractivity contribution is 5.95. The van der Waals surface area contributed by atoms with Gasteiger partial charge in [0, 0.05) is 62.8 Å². The van der Waals surface area contributed by atoms with E-state index in [4.69, 9.17) is 9.84 Å². The molecule has 9 nitrogen and oxygen atoms in total. The van der Waals surface area contributed by atoms with E-state index in [1.54, 1.807) is 25.3 Å². The van der Waals surface area contributed by atoms with Gasteiger partial charge in [0.15, 0.2) is 11.6 Å². The number of rotatable bonds is 4. The highest BCUT2D eigenvalue weighted by Gasteiger charge is 2.39. The van der Waals surface area contributed by atoms with Gasteiger partial charge in [0.1, 0.15) is 5.82 Å². The van der Waals surface area contributed by atoms with E-state index in [-0.39, 0.29) is 11.7 Å². The Balaban J connectivity index is 1.66. The van der Waals surface area contributed by atoms with E-state index in [1.807, 2.05) is 0 Å². The first-order valence-electron chi connectivity index (χ1n) is 10.4. The molecule has 11 heteroatoms.